The maximum atomic E-state index is 10.5. The smallest absolute Gasteiger partial charge is 0.332 e. The van der Waals surface area contributed by atoms with Crippen molar-refractivity contribution in [2.45, 2.75) is 135 Å². The number of rotatable bonds is 20. The highest BCUT2D eigenvalue weighted by Gasteiger charge is 2.11. The number of carbonyl (C=O) groups is 1. The second kappa shape index (κ2) is 19.8. The molecule has 0 amide bonds. The Morgan fingerprint density at radius 3 is 1.16 bits per heavy atom. The molecular formula is C22H44O3. The van der Waals surface area contributed by atoms with Crippen molar-refractivity contribution in [3.05, 3.63) is 0 Å². The summed E-state index contributed by atoms with van der Waals surface area (Å²) in [6.45, 7) is 2.28. The van der Waals surface area contributed by atoms with Crippen LogP contribution >= 0.6 is 0 Å². The molecule has 0 radical (unpaired) electrons. The van der Waals surface area contributed by atoms with E-state index in [2.05, 4.69) is 6.92 Å². The van der Waals surface area contributed by atoms with Gasteiger partial charge in [0, 0.05) is 0 Å². The lowest BCUT2D eigenvalue weighted by Gasteiger charge is -2.05. The quantitative estimate of drug-likeness (QED) is 0.234. The van der Waals surface area contributed by atoms with Crippen molar-refractivity contribution < 1.29 is 15.0 Å². The summed E-state index contributed by atoms with van der Waals surface area (Å²) >= 11 is 0. The van der Waals surface area contributed by atoms with Crippen molar-refractivity contribution in [2.75, 3.05) is 0 Å². The number of hydrogen-bond acceptors (Lipinski definition) is 2. The number of hydrogen-bond donors (Lipinski definition) is 2. The minimum absolute atomic E-state index is 0.397. The van der Waals surface area contributed by atoms with E-state index in [4.69, 9.17) is 10.2 Å². The first-order valence-electron chi connectivity index (χ1n) is 11.1. The Morgan fingerprint density at radius 2 is 0.880 bits per heavy atom. The summed E-state index contributed by atoms with van der Waals surface area (Å²) in [5.74, 6) is -1.09. The highest BCUT2D eigenvalue weighted by Crippen LogP contribution is 2.14. The van der Waals surface area contributed by atoms with E-state index in [-0.39, 0.29) is 0 Å². The van der Waals surface area contributed by atoms with Gasteiger partial charge in [-0.2, -0.15) is 0 Å². The molecule has 0 rings (SSSR count). The van der Waals surface area contributed by atoms with Gasteiger partial charge >= 0.3 is 5.97 Å². The van der Waals surface area contributed by atoms with E-state index >= 15 is 0 Å². The maximum Gasteiger partial charge on any atom is 0.332 e. The van der Waals surface area contributed by atoms with E-state index in [0.717, 1.165) is 12.8 Å². The molecular weight excluding hydrogens is 312 g/mol. The second-order valence-electron chi connectivity index (χ2n) is 7.65. The molecule has 150 valence electrons. The molecule has 0 spiro atoms. The van der Waals surface area contributed by atoms with Crippen LogP contribution in [0.3, 0.4) is 0 Å². The lowest BCUT2D eigenvalue weighted by Crippen LogP contribution is -2.18. The van der Waals surface area contributed by atoms with E-state index in [9.17, 15) is 4.79 Å². The summed E-state index contributed by atoms with van der Waals surface area (Å²) in [4.78, 5) is 10.5. The first-order chi connectivity index (χ1) is 12.2. The Morgan fingerprint density at radius 1 is 0.600 bits per heavy atom. The van der Waals surface area contributed by atoms with Gasteiger partial charge in [0.15, 0.2) is 6.10 Å². The summed E-state index contributed by atoms with van der Waals surface area (Å²) in [5.41, 5.74) is 0. The van der Waals surface area contributed by atoms with Crippen LogP contribution in [0.1, 0.15) is 129 Å². The fourth-order valence-electron chi connectivity index (χ4n) is 3.36. The standard InChI is InChI=1S/C22H44O3/c1-2-3-4-5-6-7-8-9-10-11-12-13-14-15-16-17-18-19-20-21(23)22(24)25/h21,23H,2-20H2,1H3,(H,24,25)/t21-/m0/s1. The van der Waals surface area contributed by atoms with Crippen LogP contribution in [0.15, 0.2) is 0 Å². The summed E-state index contributed by atoms with van der Waals surface area (Å²) in [6.07, 6.45) is 23.1. The maximum absolute atomic E-state index is 10.5. The second-order valence-corrected chi connectivity index (χ2v) is 7.65. The number of carboxylic acids is 1. The van der Waals surface area contributed by atoms with Gasteiger partial charge in [0.25, 0.3) is 0 Å². The van der Waals surface area contributed by atoms with Crippen molar-refractivity contribution in [1.29, 1.82) is 0 Å². The number of unbranched alkanes of at least 4 members (excludes halogenated alkanes) is 17. The normalized spacial score (nSPS) is 12.4. The molecule has 0 fully saturated rings. The van der Waals surface area contributed by atoms with Crippen LogP contribution in [0.25, 0.3) is 0 Å². The zero-order valence-electron chi connectivity index (χ0n) is 16.8. The predicted molar refractivity (Wildman–Crippen MR) is 107 cm³/mol. The number of aliphatic hydroxyl groups excluding tert-OH is 1. The van der Waals surface area contributed by atoms with Gasteiger partial charge in [0.1, 0.15) is 0 Å². The fraction of sp³-hybridized carbons (Fsp3) is 0.955. The molecule has 0 aromatic carbocycles. The summed E-state index contributed by atoms with van der Waals surface area (Å²) in [6, 6.07) is 0. The fourth-order valence-corrected chi connectivity index (χ4v) is 3.36. The molecule has 0 unspecified atom stereocenters. The minimum atomic E-state index is -1.17. The van der Waals surface area contributed by atoms with E-state index in [1.54, 1.807) is 0 Å². The third kappa shape index (κ3) is 19.6. The zero-order valence-corrected chi connectivity index (χ0v) is 16.8. The number of aliphatic hydroxyl groups is 1. The van der Waals surface area contributed by atoms with Gasteiger partial charge in [-0.1, -0.05) is 122 Å². The average Bonchev–Trinajstić information content (AvgIpc) is 2.60. The minimum Gasteiger partial charge on any atom is -0.479 e. The zero-order chi connectivity index (χ0) is 18.6. The molecule has 0 aromatic rings. The van der Waals surface area contributed by atoms with Gasteiger partial charge < -0.3 is 10.2 Å². The Bertz CT molecular complexity index is 278. The van der Waals surface area contributed by atoms with E-state index in [0.29, 0.717) is 6.42 Å². The first kappa shape index (κ1) is 24.4. The highest BCUT2D eigenvalue weighted by molar-refractivity contribution is 5.71. The van der Waals surface area contributed by atoms with Crippen LogP contribution in [-0.4, -0.2) is 22.3 Å². The lowest BCUT2D eigenvalue weighted by atomic mass is 10.0. The van der Waals surface area contributed by atoms with Crippen LogP contribution in [0.2, 0.25) is 0 Å². The van der Waals surface area contributed by atoms with Gasteiger partial charge in [0.05, 0.1) is 0 Å². The monoisotopic (exact) mass is 356 g/mol. The lowest BCUT2D eigenvalue weighted by molar-refractivity contribution is -0.146. The molecule has 2 N–H and O–H groups in total. The molecule has 0 aliphatic heterocycles. The van der Waals surface area contributed by atoms with Crippen LogP contribution < -0.4 is 0 Å². The van der Waals surface area contributed by atoms with Gasteiger partial charge in [-0.15, -0.1) is 0 Å². The number of aliphatic carboxylic acids is 1. The largest absolute Gasteiger partial charge is 0.479 e. The van der Waals surface area contributed by atoms with E-state index in [1.807, 2.05) is 0 Å². The highest BCUT2D eigenvalue weighted by atomic mass is 16.4. The molecule has 0 aromatic heterocycles. The molecule has 1 atom stereocenters. The van der Waals surface area contributed by atoms with Crippen LogP contribution in [0.5, 0.6) is 0 Å². The van der Waals surface area contributed by atoms with Gasteiger partial charge in [-0.3, -0.25) is 0 Å². The Kier molecular flexibility index (Phi) is 19.3. The number of carboxylic acid groups (broad SMARTS) is 1. The van der Waals surface area contributed by atoms with Crippen molar-refractivity contribution in [2.24, 2.45) is 0 Å². The van der Waals surface area contributed by atoms with Crippen molar-refractivity contribution >= 4 is 5.97 Å². The first-order valence-corrected chi connectivity index (χ1v) is 11.1. The van der Waals surface area contributed by atoms with Crippen molar-refractivity contribution in [1.82, 2.24) is 0 Å². The van der Waals surface area contributed by atoms with Crippen molar-refractivity contribution in [3.8, 4) is 0 Å². The van der Waals surface area contributed by atoms with Crippen LogP contribution in [0.4, 0.5) is 0 Å². The van der Waals surface area contributed by atoms with Crippen LogP contribution in [0, 0.1) is 0 Å². The predicted octanol–water partition coefficient (Wildman–Crippen LogP) is 6.86. The SMILES string of the molecule is CCCCCCCCCCCCCCCCCCCC[C@H](O)C(=O)O. The molecule has 0 heterocycles. The molecule has 0 saturated carbocycles. The molecule has 0 bridgehead atoms. The third-order valence-corrected chi connectivity index (χ3v) is 5.12. The molecule has 0 aliphatic carbocycles. The molecule has 25 heavy (non-hydrogen) atoms. The Balaban J connectivity index is 3.04. The topological polar surface area (TPSA) is 57.5 Å². The summed E-state index contributed by atoms with van der Waals surface area (Å²) < 4.78 is 0. The van der Waals surface area contributed by atoms with E-state index in [1.165, 1.54) is 103 Å². The van der Waals surface area contributed by atoms with Gasteiger partial charge in [-0.05, 0) is 6.42 Å². The van der Waals surface area contributed by atoms with Gasteiger partial charge in [0.2, 0.25) is 0 Å². The molecule has 0 aliphatic rings. The molecule has 3 heteroatoms. The summed E-state index contributed by atoms with van der Waals surface area (Å²) in [5, 5.41) is 17.7. The molecule has 0 saturated heterocycles. The van der Waals surface area contributed by atoms with Crippen LogP contribution in [-0.2, 0) is 4.79 Å². The van der Waals surface area contributed by atoms with Crippen molar-refractivity contribution in [3.63, 3.8) is 0 Å². The van der Waals surface area contributed by atoms with E-state index < -0.39 is 12.1 Å². The van der Waals surface area contributed by atoms with Gasteiger partial charge in [-0.25, -0.2) is 4.79 Å². The summed E-state index contributed by atoms with van der Waals surface area (Å²) in [7, 11) is 0. The Labute approximate surface area is 156 Å². The molecule has 3 nitrogen and oxygen atoms in total. The third-order valence-electron chi connectivity index (χ3n) is 5.12. The average molecular weight is 357 g/mol. The Hall–Kier alpha value is -0.570.